The molecule has 2 amide bonds. The standard InChI is InChI=1S/C15H16FN5O2S/c1-3-8-21-14(11-4-6-12(16)7-5-11)19-20-15(21)24-9-13(23)18-17-10(2)22/h3-7H,1,8-9H2,2H3,(H,17,22)(H,18,23). The minimum atomic E-state index is -0.369. The van der Waals surface area contributed by atoms with Gasteiger partial charge in [0.25, 0.3) is 0 Å². The number of thioether (sulfide) groups is 1. The summed E-state index contributed by atoms with van der Waals surface area (Å²) in [5.41, 5.74) is 5.19. The summed E-state index contributed by atoms with van der Waals surface area (Å²) in [6.07, 6.45) is 1.68. The van der Waals surface area contributed by atoms with Crippen molar-refractivity contribution < 1.29 is 14.0 Å². The van der Waals surface area contributed by atoms with Gasteiger partial charge in [-0.05, 0) is 24.3 Å². The van der Waals surface area contributed by atoms with Crippen LogP contribution in [0.5, 0.6) is 0 Å². The van der Waals surface area contributed by atoms with Gasteiger partial charge in [0.1, 0.15) is 5.82 Å². The molecule has 1 aromatic heterocycles. The third-order valence-corrected chi connectivity index (χ3v) is 3.81. The van der Waals surface area contributed by atoms with Crippen molar-refractivity contribution in [1.29, 1.82) is 0 Å². The Morgan fingerprint density at radius 3 is 2.62 bits per heavy atom. The largest absolute Gasteiger partial charge is 0.298 e. The fourth-order valence-corrected chi connectivity index (χ4v) is 2.57. The fourth-order valence-electron chi connectivity index (χ4n) is 1.83. The van der Waals surface area contributed by atoms with Crippen LogP contribution in [0.1, 0.15) is 6.92 Å². The van der Waals surface area contributed by atoms with Crippen LogP contribution in [-0.4, -0.2) is 32.3 Å². The van der Waals surface area contributed by atoms with E-state index in [1.807, 2.05) is 0 Å². The van der Waals surface area contributed by atoms with Crippen LogP contribution in [0.25, 0.3) is 11.4 Å². The molecule has 0 radical (unpaired) electrons. The lowest BCUT2D eigenvalue weighted by atomic mass is 10.2. The SMILES string of the molecule is C=CCn1c(SCC(=O)NNC(C)=O)nnc1-c1ccc(F)cc1. The summed E-state index contributed by atoms with van der Waals surface area (Å²) in [5.74, 6) is -0.454. The molecule has 0 atom stereocenters. The van der Waals surface area contributed by atoms with Gasteiger partial charge in [0.05, 0.1) is 5.75 Å². The number of rotatable bonds is 6. The fraction of sp³-hybridized carbons (Fsp3) is 0.200. The van der Waals surface area contributed by atoms with Crippen LogP contribution < -0.4 is 10.9 Å². The predicted molar refractivity (Wildman–Crippen MR) is 88.3 cm³/mol. The Morgan fingerprint density at radius 2 is 2.00 bits per heavy atom. The van der Waals surface area contributed by atoms with E-state index in [0.29, 0.717) is 23.1 Å². The van der Waals surface area contributed by atoms with E-state index >= 15 is 0 Å². The highest BCUT2D eigenvalue weighted by Crippen LogP contribution is 2.24. The number of carbonyl (C=O) groups is 2. The first-order valence-electron chi connectivity index (χ1n) is 6.99. The Kier molecular flexibility index (Phi) is 6.07. The molecule has 0 fully saturated rings. The average molecular weight is 349 g/mol. The van der Waals surface area contributed by atoms with Crippen molar-refractivity contribution in [3.05, 3.63) is 42.7 Å². The van der Waals surface area contributed by atoms with Crippen LogP contribution in [0.3, 0.4) is 0 Å². The van der Waals surface area contributed by atoms with Gasteiger partial charge in [0.2, 0.25) is 11.8 Å². The van der Waals surface area contributed by atoms with Gasteiger partial charge >= 0.3 is 0 Å². The molecule has 0 spiro atoms. The topological polar surface area (TPSA) is 88.9 Å². The maximum Gasteiger partial charge on any atom is 0.248 e. The van der Waals surface area contributed by atoms with Crippen LogP contribution in [0.4, 0.5) is 4.39 Å². The molecule has 0 aliphatic carbocycles. The normalized spacial score (nSPS) is 10.2. The first kappa shape index (κ1) is 17.7. The number of halogens is 1. The Labute approximate surface area is 142 Å². The second-order valence-electron chi connectivity index (χ2n) is 4.73. The maximum absolute atomic E-state index is 13.1. The lowest BCUT2D eigenvalue weighted by Crippen LogP contribution is -2.41. The van der Waals surface area contributed by atoms with Crippen molar-refractivity contribution >= 4 is 23.6 Å². The number of allylic oxidation sites excluding steroid dienone is 1. The highest BCUT2D eigenvalue weighted by atomic mass is 32.2. The van der Waals surface area contributed by atoms with Crippen molar-refractivity contribution in [3.63, 3.8) is 0 Å². The summed E-state index contributed by atoms with van der Waals surface area (Å²) < 4.78 is 14.8. The van der Waals surface area contributed by atoms with Crippen LogP contribution >= 0.6 is 11.8 Å². The zero-order valence-electron chi connectivity index (χ0n) is 13.0. The molecule has 0 aliphatic rings. The van der Waals surface area contributed by atoms with E-state index in [0.717, 1.165) is 0 Å². The van der Waals surface area contributed by atoms with Gasteiger partial charge < -0.3 is 0 Å². The number of nitrogens with one attached hydrogen (secondary N) is 2. The number of hydrazine groups is 1. The molecular weight excluding hydrogens is 333 g/mol. The number of aromatic nitrogens is 3. The first-order valence-corrected chi connectivity index (χ1v) is 7.98. The third kappa shape index (κ3) is 4.66. The molecule has 0 saturated carbocycles. The minimum absolute atomic E-state index is 0.0545. The zero-order valence-corrected chi connectivity index (χ0v) is 13.8. The summed E-state index contributed by atoms with van der Waals surface area (Å²) in [7, 11) is 0. The zero-order chi connectivity index (χ0) is 17.5. The van der Waals surface area contributed by atoms with Gasteiger partial charge in [-0.25, -0.2) is 4.39 Å². The van der Waals surface area contributed by atoms with Crippen molar-refractivity contribution in [2.45, 2.75) is 18.6 Å². The Bertz CT molecular complexity index is 745. The Hall–Kier alpha value is -2.68. The summed E-state index contributed by atoms with van der Waals surface area (Å²) in [6.45, 7) is 5.43. The number of carbonyl (C=O) groups excluding carboxylic acids is 2. The second kappa shape index (κ2) is 8.25. The molecule has 7 nitrogen and oxygen atoms in total. The van der Waals surface area contributed by atoms with Crippen LogP contribution in [-0.2, 0) is 16.1 Å². The average Bonchev–Trinajstić information content (AvgIpc) is 2.95. The van der Waals surface area contributed by atoms with Crippen molar-refractivity contribution in [1.82, 2.24) is 25.6 Å². The lowest BCUT2D eigenvalue weighted by molar-refractivity contribution is -0.126. The van der Waals surface area contributed by atoms with Gasteiger partial charge in [-0.2, -0.15) is 0 Å². The van der Waals surface area contributed by atoms with E-state index in [9.17, 15) is 14.0 Å². The van der Waals surface area contributed by atoms with E-state index in [1.54, 1.807) is 22.8 Å². The summed E-state index contributed by atoms with van der Waals surface area (Å²) >= 11 is 1.17. The smallest absolute Gasteiger partial charge is 0.248 e. The quantitative estimate of drug-likeness (QED) is 0.469. The molecule has 2 aromatic rings. The summed E-state index contributed by atoms with van der Waals surface area (Å²) in [5, 5.41) is 8.70. The molecule has 1 aromatic carbocycles. The molecular formula is C15H16FN5O2S. The maximum atomic E-state index is 13.1. The number of hydrogen-bond donors (Lipinski definition) is 2. The van der Waals surface area contributed by atoms with Crippen LogP contribution in [0, 0.1) is 5.82 Å². The minimum Gasteiger partial charge on any atom is -0.298 e. The first-order chi connectivity index (χ1) is 11.5. The Balaban J connectivity index is 2.13. The summed E-state index contributed by atoms with van der Waals surface area (Å²) in [6, 6.07) is 5.90. The molecule has 9 heteroatoms. The molecule has 2 rings (SSSR count). The lowest BCUT2D eigenvalue weighted by Gasteiger charge is -2.08. The molecule has 0 bridgehead atoms. The number of nitrogens with zero attached hydrogens (tertiary/aromatic N) is 3. The van der Waals surface area contributed by atoms with E-state index in [1.165, 1.54) is 30.8 Å². The van der Waals surface area contributed by atoms with E-state index in [2.05, 4.69) is 27.6 Å². The van der Waals surface area contributed by atoms with Crippen LogP contribution in [0.15, 0.2) is 42.1 Å². The molecule has 1 heterocycles. The van der Waals surface area contributed by atoms with Gasteiger partial charge in [-0.15, -0.1) is 16.8 Å². The number of hydrogen-bond acceptors (Lipinski definition) is 5. The van der Waals surface area contributed by atoms with Gasteiger partial charge in [0.15, 0.2) is 11.0 Å². The van der Waals surface area contributed by atoms with E-state index in [-0.39, 0.29) is 23.4 Å². The highest BCUT2D eigenvalue weighted by Gasteiger charge is 2.15. The molecule has 0 aliphatic heterocycles. The van der Waals surface area contributed by atoms with Crippen molar-refractivity contribution in [2.75, 3.05) is 5.75 Å². The molecule has 0 saturated heterocycles. The second-order valence-corrected chi connectivity index (χ2v) is 5.67. The van der Waals surface area contributed by atoms with E-state index in [4.69, 9.17) is 0 Å². The molecule has 126 valence electrons. The third-order valence-electron chi connectivity index (χ3n) is 2.84. The van der Waals surface area contributed by atoms with E-state index < -0.39 is 0 Å². The highest BCUT2D eigenvalue weighted by molar-refractivity contribution is 7.99. The van der Waals surface area contributed by atoms with Crippen LogP contribution in [0.2, 0.25) is 0 Å². The number of amides is 2. The van der Waals surface area contributed by atoms with Gasteiger partial charge in [-0.3, -0.25) is 25.0 Å². The Morgan fingerprint density at radius 1 is 1.29 bits per heavy atom. The van der Waals surface area contributed by atoms with Crippen molar-refractivity contribution in [3.8, 4) is 11.4 Å². The monoisotopic (exact) mass is 349 g/mol. The van der Waals surface area contributed by atoms with Crippen molar-refractivity contribution in [2.24, 2.45) is 0 Å². The summed E-state index contributed by atoms with van der Waals surface area (Å²) in [4.78, 5) is 22.4. The number of benzene rings is 1. The molecule has 24 heavy (non-hydrogen) atoms. The van der Waals surface area contributed by atoms with Gasteiger partial charge in [-0.1, -0.05) is 17.8 Å². The van der Waals surface area contributed by atoms with Gasteiger partial charge in [0, 0.05) is 19.0 Å². The molecule has 2 N–H and O–H groups in total. The predicted octanol–water partition coefficient (Wildman–Crippen LogP) is 1.53. The molecule has 0 unspecified atom stereocenters.